The van der Waals surface area contributed by atoms with Crippen LogP contribution >= 0.6 is 11.3 Å². The first-order valence-electron chi connectivity index (χ1n) is 6.85. The molecule has 24 heavy (non-hydrogen) atoms. The number of aromatic nitrogens is 3. The molecular weight excluding hydrogens is 329 g/mol. The van der Waals surface area contributed by atoms with Crippen molar-refractivity contribution in [3.05, 3.63) is 47.5 Å². The molecule has 2 N–H and O–H groups in total. The van der Waals surface area contributed by atoms with E-state index in [2.05, 4.69) is 20.3 Å². The lowest BCUT2D eigenvalue weighted by atomic mass is 10.2. The standard InChI is InChI=1S/C16H8FN5OS/c17-9-5-8(1-4-12(9)23)21-16-14-10(19-7-20-16)2-3-11-15(14)24-13(6-18)22-11/h1-5,7,23H,(H,19,20,21). The fourth-order valence-electron chi connectivity index (χ4n) is 2.40. The van der Waals surface area contributed by atoms with Crippen LogP contribution in [0.4, 0.5) is 15.9 Å². The van der Waals surface area contributed by atoms with E-state index in [0.29, 0.717) is 32.9 Å². The topological polar surface area (TPSA) is 94.7 Å². The van der Waals surface area contributed by atoms with E-state index in [1.54, 1.807) is 18.2 Å². The van der Waals surface area contributed by atoms with Gasteiger partial charge in [-0.1, -0.05) is 0 Å². The first-order chi connectivity index (χ1) is 11.7. The summed E-state index contributed by atoms with van der Waals surface area (Å²) in [6, 6.07) is 9.60. The van der Waals surface area contributed by atoms with Crippen LogP contribution in [0.25, 0.3) is 21.1 Å². The van der Waals surface area contributed by atoms with Gasteiger partial charge in [-0.05, 0) is 24.3 Å². The molecule has 0 aliphatic rings. The maximum absolute atomic E-state index is 13.5. The van der Waals surface area contributed by atoms with Gasteiger partial charge in [0.2, 0.25) is 0 Å². The largest absolute Gasteiger partial charge is 0.505 e. The van der Waals surface area contributed by atoms with Crippen LogP contribution in [0.1, 0.15) is 5.01 Å². The summed E-state index contributed by atoms with van der Waals surface area (Å²) in [6.07, 6.45) is 1.40. The van der Waals surface area contributed by atoms with Gasteiger partial charge in [-0.2, -0.15) is 5.26 Å². The van der Waals surface area contributed by atoms with Crippen LogP contribution in [-0.2, 0) is 0 Å². The Labute approximate surface area is 138 Å². The fourth-order valence-corrected chi connectivity index (χ4v) is 3.30. The quantitative estimate of drug-likeness (QED) is 0.542. The Hall–Kier alpha value is -3.31. The third-order valence-electron chi connectivity index (χ3n) is 3.46. The maximum Gasteiger partial charge on any atom is 0.195 e. The summed E-state index contributed by atoms with van der Waals surface area (Å²) in [5, 5.41) is 22.4. The summed E-state index contributed by atoms with van der Waals surface area (Å²) in [5.74, 6) is -0.673. The summed E-state index contributed by atoms with van der Waals surface area (Å²) >= 11 is 1.25. The molecule has 0 saturated heterocycles. The van der Waals surface area contributed by atoms with Crippen molar-refractivity contribution in [3.63, 3.8) is 0 Å². The molecule has 0 aliphatic carbocycles. The van der Waals surface area contributed by atoms with Crippen molar-refractivity contribution >= 4 is 44.0 Å². The molecule has 4 aromatic rings. The zero-order valence-electron chi connectivity index (χ0n) is 12.0. The number of fused-ring (bicyclic) bond motifs is 3. The van der Waals surface area contributed by atoms with E-state index in [-0.39, 0.29) is 0 Å². The van der Waals surface area contributed by atoms with E-state index < -0.39 is 11.6 Å². The number of hydrogen-bond acceptors (Lipinski definition) is 7. The molecule has 0 atom stereocenters. The summed E-state index contributed by atoms with van der Waals surface area (Å²) < 4.78 is 14.3. The molecule has 6 nitrogen and oxygen atoms in total. The van der Waals surface area contributed by atoms with E-state index in [9.17, 15) is 9.50 Å². The van der Waals surface area contributed by atoms with Crippen molar-refractivity contribution in [2.75, 3.05) is 5.32 Å². The zero-order valence-corrected chi connectivity index (χ0v) is 12.8. The number of nitriles is 1. The van der Waals surface area contributed by atoms with Crippen molar-refractivity contribution in [2.45, 2.75) is 0 Å². The Bertz CT molecular complexity index is 1130. The number of thiazole rings is 1. The second-order valence-electron chi connectivity index (χ2n) is 4.95. The predicted octanol–water partition coefficient (Wildman–Crippen LogP) is 3.70. The molecule has 2 heterocycles. The normalized spacial score (nSPS) is 10.8. The van der Waals surface area contributed by atoms with Crippen LogP contribution in [-0.4, -0.2) is 20.1 Å². The molecule has 0 amide bonds. The Morgan fingerprint density at radius 2 is 2.00 bits per heavy atom. The van der Waals surface area contributed by atoms with Crippen LogP contribution in [0.2, 0.25) is 0 Å². The van der Waals surface area contributed by atoms with Gasteiger partial charge in [-0.3, -0.25) is 0 Å². The first-order valence-corrected chi connectivity index (χ1v) is 7.67. The van der Waals surface area contributed by atoms with Gasteiger partial charge in [0.15, 0.2) is 16.6 Å². The summed E-state index contributed by atoms with van der Waals surface area (Å²) in [5.41, 5.74) is 1.80. The van der Waals surface area contributed by atoms with Gasteiger partial charge in [0.25, 0.3) is 0 Å². The van der Waals surface area contributed by atoms with Crippen molar-refractivity contribution in [3.8, 4) is 11.8 Å². The van der Waals surface area contributed by atoms with Gasteiger partial charge in [0.05, 0.1) is 21.1 Å². The minimum absolute atomic E-state index is 0.350. The van der Waals surface area contributed by atoms with Crippen LogP contribution in [0.15, 0.2) is 36.7 Å². The highest BCUT2D eigenvalue weighted by Crippen LogP contribution is 2.34. The number of aromatic hydroxyl groups is 1. The second-order valence-corrected chi connectivity index (χ2v) is 5.95. The molecule has 0 radical (unpaired) electrons. The molecule has 0 unspecified atom stereocenters. The van der Waals surface area contributed by atoms with E-state index in [4.69, 9.17) is 5.26 Å². The molecule has 0 saturated carbocycles. The average molecular weight is 337 g/mol. The SMILES string of the molecule is N#Cc1nc2ccc3ncnc(Nc4ccc(O)c(F)c4)c3c2s1. The number of anilines is 2. The number of phenols is 1. The highest BCUT2D eigenvalue weighted by Gasteiger charge is 2.13. The molecule has 0 aliphatic heterocycles. The van der Waals surface area contributed by atoms with Crippen molar-refractivity contribution in [2.24, 2.45) is 0 Å². The highest BCUT2D eigenvalue weighted by molar-refractivity contribution is 7.20. The van der Waals surface area contributed by atoms with Gasteiger partial charge >= 0.3 is 0 Å². The van der Waals surface area contributed by atoms with E-state index in [1.165, 1.54) is 29.8 Å². The van der Waals surface area contributed by atoms with Crippen molar-refractivity contribution in [1.29, 1.82) is 5.26 Å². The summed E-state index contributed by atoms with van der Waals surface area (Å²) in [4.78, 5) is 12.7. The van der Waals surface area contributed by atoms with Gasteiger partial charge in [-0.15, -0.1) is 11.3 Å². The predicted molar refractivity (Wildman–Crippen MR) is 88.8 cm³/mol. The number of phenolic OH excluding ortho intramolecular Hbond substituents is 1. The molecule has 116 valence electrons. The van der Waals surface area contributed by atoms with Crippen LogP contribution in [0.3, 0.4) is 0 Å². The van der Waals surface area contributed by atoms with E-state index in [1.807, 2.05) is 6.07 Å². The molecule has 2 aromatic heterocycles. The molecule has 8 heteroatoms. The number of hydrogen-bond donors (Lipinski definition) is 2. The Morgan fingerprint density at radius 3 is 2.79 bits per heavy atom. The van der Waals surface area contributed by atoms with Crippen molar-refractivity contribution in [1.82, 2.24) is 15.0 Å². The fraction of sp³-hybridized carbons (Fsp3) is 0. The Balaban J connectivity index is 1.92. The third-order valence-corrected chi connectivity index (χ3v) is 4.46. The monoisotopic (exact) mass is 337 g/mol. The second kappa shape index (κ2) is 5.40. The van der Waals surface area contributed by atoms with Crippen molar-refractivity contribution < 1.29 is 9.50 Å². The number of benzene rings is 2. The Morgan fingerprint density at radius 1 is 1.17 bits per heavy atom. The Kier molecular flexibility index (Phi) is 3.22. The number of halogens is 1. The van der Waals surface area contributed by atoms with Crippen LogP contribution < -0.4 is 5.32 Å². The first kappa shape index (κ1) is 14.3. The molecule has 0 bridgehead atoms. The van der Waals surface area contributed by atoms with Gasteiger partial charge in [-0.25, -0.2) is 19.3 Å². The van der Waals surface area contributed by atoms with E-state index >= 15 is 0 Å². The molecule has 2 aromatic carbocycles. The van der Waals surface area contributed by atoms with E-state index in [0.717, 1.165) is 4.70 Å². The average Bonchev–Trinajstić information content (AvgIpc) is 3.02. The lowest BCUT2D eigenvalue weighted by Gasteiger charge is -2.09. The number of rotatable bonds is 2. The molecular formula is C16H8FN5OS. The molecule has 0 fully saturated rings. The highest BCUT2D eigenvalue weighted by atomic mass is 32.1. The zero-order chi connectivity index (χ0) is 16.7. The van der Waals surface area contributed by atoms with Gasteiger partial charge < -0.3 is 10.4 Å². The maximum atomic E-state index is 13.5. The third kappa shape index (κ3) is 2.28. The number of nitrogens with one attached hydrogen (secondary N) is 1. The molecule has 4 rings (SSSR count). The number of nitrogens with zero attached hydrogens (tertiary/aromatic N) is 4. The van der Waals surface area contributed by atoms with Crippen LogP contribution in [0.5, 0.6) is 5.75 Å². The summed E-state index contributed by atoms with van der Waals surface area (Å²) in [7, 11) is 0. The lowest BCUT2D eigenvalue weighted by molar-refractivity contribution is 0.432. The smallest absolute Gasteiger partial charge is 0.195 e. The van der Waals surface area contributed by atoms with Gasteiger partial charge in [0.1, 0.15) is 18.2 Å². The molecule has 0 spiro atoms. The lowest BCUT2D eigenvalue weighted by Crippen LogP contribution is -1.96. The van der Waals surface area contributed by atoms with Gasteiger partial charge in [0, 0.05) is 11.8 Å². The minimum Gasteiger partial charge on any atom is -0.505 e. The minimum atomic E-state index is -0.729. The van der Waals surface area contributed by atoms with Crippen LogP contribution in [0, 0.1) is 17.1 Å². The summed E-state index contributed by atoms with van der Waals surface area (Å²) in [6.45, 7) is 0.